The number of nitrogens with zero attached hydrogens (tertiary/aromatic N) is 2. The van der Waals surface area contributed by atoms with Gasteiger partial charge in [-0.15, -0.1) is 22.9 Å². The van der Waals surface area contributed by atoms with Crippen LogP contribution in [0.4, 0.5) is 0 Å². The molecule has 1 unspecified atom stereocenters. The van der Waals surface area contributed by atoms with Crippen LogP contribution in [0.25, 0.3) is 0 Å². The average molecular weight is 273 g/mol. The van der Waals surface area contributed by atoms with Crippen LogP contribution in [0, 0.1) is 0 Å². The quantitative estimate of drug-likeness (QED) is 0.793. The summed E-state index contributed by atoms with van der Waals surface area (Å²) in [6, 6.07) is 0.183. The Morgan fingerprint density at radius 2 is 2.41 bits per heavy atom. The number of halogens is 1. The summed E-state index contributed by atoms with van der Waals surface area (Å²) in [6.45, 7) is 2.12. The molecule has 94 valence electrons. The molecular weight excluding hydrogens is 256 g/mol. The van der Waals surface area contributed by atoms with Gasteiger partial charge in [-0.25, -0.2) is 4.98 Å². The van der Waals surface area contributed by atoms with E-state index in [1.807, 2.05) is 7.05 Å². The fourth-order valence-corrected chi connectivity index (χ4v) is 3.66. The van der Waals surface area contributed by atoms with Crippen LogP contribution < -0.4 is 0 Å². The molecular formula is C12H17ClN2OS. The maximum absolute atomic E-state index is 11.7. The third-order valence-corrected chi connectivity index (χ3v) is 4.82. The second kappa shape index (κ2) is 5.36. The van der Waals surface area contributed by atoms with E-state index >= 15 is 0 Å². The molecule has 0 saturated carbocycles. The molecule has 0 radical (unpaired) electrons. The van der Waals surface area contributed by atoms with Crippen LogP contribution in [0.2, 0.25) is 0 Å². The van der Waals surface area contributed by atoms with Crippen molar-refractivity contribution in [1.82, 2.24) is 9.88 Å². The highest BCUT2D eigenvalue weighted by molar-refractivity contribution is 7.11. The van der Waals surface area contributed by atoms with Gasteiger partial charge < -0.3 is 4.90 Å². The third kappa shape index (κ3) is 2.47. The Balaban J connectivity index is 2.27. The van der Waals surface area contributed by atoms with Gasteiger partial charge in [-0.3, -0.25) is 4.79 Å². The minimum absolute atomic E-state index is 0.00374. The number of fused-ring (bicyclic) bond motifs is 1. The van der Waals surface area contributed by atoms with Gasteiger partial charge in [-0.05, 0) is 25.7 Å². The summed E-state index contributed by atoms with van der Waals surface area (Å²) in [5, 5.41) is 1.17. The second-order valence-electron chi connectivity index (χ2n) is 4.32. The molecule has 0 N–H and O–H groups in total. The van der Waals surface area contributed by atoms with E-state index in [1.165, 1.54) is 15.6 Å². The molecule has 5 heteroatoms. The molecule has 0 bridgehead atoms. The van der Waals surface area contributed by atoms with E-state index in [1.54, 1.807) is 16.2 Å². The molecule has 1 amide bonds. The van der Waals surface area contributed by atoms with Crippen LogP contribution in [0.1, 0.15) is 41.4 Å². The molecule has 1 atom stereocenters. The van der Waals surface area contributed by atoms with Crippen molar-refractivity contribution in [2.75, 3.05) is 12.9 Å². The normalized spacial score (nSPS) is 18.9. The van der Waals surface area contributed by atoms with Crippen molar-refractivity contribution in [3.63, 3.8) is 0 Å². The van der Waals surface area contributed by atoms with Crippen molar-refractivity contribution in [2.45, 2.75) is 38.6 Å². The number of amides is 1. The van der Waals surface area contributed by atoms with Gasteiger partial charge in [-0.2, -0.15) is 0 Å². The Labute approximate surface area is 111 Å². The lowest BCUT2D eigenvalue weighted by molar-refractivity contribution is -0.129. The fraction of sp³-hybridized carbons (Fsp3) is 0.667. The lowest BCUT2D eigenvalue weighted by Gasteiger charge is -2.30. The lowest BCUT2D eigenvalue weighted by atomic mass is 9.97. The van der Waals surface area contributed by atoms with E-state index < -0.39 is 0 Å². The van der Waals surface area contributed by atoms with Crippen LogP contribution in [0.15, 0.2) is 0 Å². The number of hydrogen-bond donors (Lipinski definition) is 0. The Kier molecular flexibility index (Phi) is 4.05. The molecule has 0 fully saturated rings. The topological polar surface area (TPSA) is 33.2 Å². The molecule has 1 aromatic heterocycles. The van der Waals surface area contributed by atoms with Gasteiger partial charge in [0.2, 0.25) is 5.91 Å². The first-order valence-electron chi connectivity index (χ1n) is 5.97. The van der Waals surface area contributed by atoms with Crippen LogP contribution in [-0.2, 0) is 17.6 Å². The fourth-order valence-electron chi connectivity index (χ4n) is 2.24. The minimum atomic E-state index is -0.00374. The summed E-state index contributed by atoms with van der Waals surface area (Å²) < 4.78 is 0. The summed E-state index contributed by atoms with van der Waals surface area (Å²) >= 11 is 7.37. The Bertz CT molecular complexity index is 419. The maximum atomic E-state index is 11.7. The number of carbonyl (C=O) groups is 1. The Hall–Kier alpha value is -0.610. The van der Waals surface area contributed by atoms with Crippen LogP contribution in [-0.4, -0.2) is 28.7 Å². The third-order valence-electron chi connectivity index (χ3n) is 3.24. The Morgan fingerprint density at radius 1 is 1.65 bits per heavy atom. The van der Waals surface area contributed by atoms with Gasteiger partial charge in [0.1, 0.15) is 5.88 Å². The minimum Gasteiger partial charge on any atom is -0.337 e. The predicted octanol–water partition coefficient (Wildman–Crippen LogP) is 2.78. The first kappa shape index (κ1) is 12.8. The number of carbonyl (C=O) groups excluding carboxylic acids is 1. The monoisotopic (exact) mass is 272 g/mol. The summed E-state index contributed by atoms with van der Waals surface area (Å²) in [6.07, 6.45) is 4.14. The number of aryl methyl sites for hydroxylation is 2. The summed E-state index contributed by atoms with van der Waals surface area (Å²) in [5.74, 6) is 0.0536. The SMILES string of the molecule is CCc1nc2c(s1)C(N(C)C(=O)CCl)CCC2. The zero-order chi connectivity index (χ0) is 12.4. The summed E-state index contributed by atoms with van der Waals surface area (Å²) in [7, 11) is 1.84. The van der Waals surface area contributed by atoms with Crippen molar-refractivity contribution in [3.8, 4) is 0 Å². The predicted molar refractivity (Wildman–Crippen MR) is 70.7 cm³/mol. The van der Waals surface area contributed by atoms with Gasteiger partial charge in [-0.1, -0.05) is 6.92 Å². The first-order valence-corrected chi connectivity index (χ1v) is 7.32. The van der Waals surface area contributed by atoms with E-state index in [9.17, 15) is 4.79 Å². The van der Waals surface area contributed by atoms with E-state index in [0.717, 1.165) is 25.7 Å². The van der Waals surface area contributed by atoms with Crippen molar-refractivity contribution < 1.29 is 4.79 Å². The van der Waals surface area contributed by atoms with Crippen molar-refractivity contribution in [3.05, 3.63) is 15.6 Å². The average Bonchev–Trinajstić information content (AvgIpc) is 2.79. The highest BCUT2D eigenvalue weighted by atomic mass is 35.5. The molecule has 0 aromatic carbocycles. The van der Waals surface area contributed by atoms with Gasteiger partial charge in [0, 0.05) is 7.05 Å². The van der Waals surface area contributed by atoms with E-state index in [0.29, 0.717) is 0 Å². The molecule has 0 saturated heterocycles. The largest absolute Gasteiger partial charge is 0.337 e. The van der Waals surface area contributed by atoms with Gasteiger partial charge in [0.05, 0.1) is 21.6 Å². The Morgan fingerprint density at radius 3 is 3.06 bits per heavy atom. The molecule has 0 spiro atoms. The molecule has 17 heavy (non-hydrogen) atoms. The maximum Gasteiger partial charge on any atom is 0.237 e. The van der Waals surface area contributed by atoms with E-state index in [4.69, 9.17) is 11.6 Å². The molecule has 3 nitrogen and oxygen atoms in total. The van der Waals surface area contributed by atoms with Crippen molar-refractivity contribution >= 4 is 28.8 Å². The molecule has 1 aliphatic carbocycles. The zero-order valence-electron chi connectivity index (χ0n) is 10.2. The van der Waals surface area contributed by atoms with Gasteiger partial charge in [0.25, 0.3) is 0 Å². The number of rotatable bonds is 3. The van der Waals surface area contributed by atoms with Crippen LogP contribution in [0.3, 0.4) is 0 Å². The van der Waals surface area contributed by atoms with Crippen molar-refractivity contribution in [1.29, 1.82) is 0 Å². The van der Waals surface area contributed by atoms with E-state index in [-0.39, 0.29) is 17.8 Å². The molecule has 1 heterocycles. The second-order valence-corrected chi connectivity index (χ2v) is 5.70. The molecule has 1 aliphatic rings. The van der Waals surface area contributed by atoms with Crippen LogP contribution >= 0.6 is 22.9 Å². The smallest absolute Gasteiger partial charge is 0.237 e. The standard InChI is InChI=1S/C12H17ClN2OS/c1-3-10-14-8-5-4-6-9(12(8)17-10)15(2)11(16)7-13/h9H,3-7H2,1-2H3. The molecule has 2 rings (SSSR count). The summed E-state index contributed by atoms with van der Waals surface area (Å²) in [4.78, 5) is 19.4. The highest BCUT2D eigenvalue weighted by Crippen LogP contribution is 2.37. The van der Waals surface area contributed by atoms with Gasteiger partial charge in [0.15, 0.2) is 0 Å². The van der Waals surface area contributed by atoms with Gasteiger partial charge >= 0.3 is 0 Å². The molecule has 0 aliphatic heterocycles. The molecule has 1 aromatic rings. The lowest BCUT2D eigenvalue weighted by Crippen LogP contribution is -2.33. The number of alkyl halides is 1. The number of aromatic nitrogens is 1. The zero-order valence-corrected chi connectivity index (χ0v) is 11.8. The highest BCUT2D eigenvalue weighted by Gasteiger charge is 2.29. The number of thiazole rings is 1. The van der Waals surface area contributed by atoms with E-state index in [2.05, 4.69) is 11.9 Å². The first-order chi connectivity index (χ1) is 8.17. The number of hydrogen-bond acceptors (Lipinski definition) is 3. The summed E-state index contributed by atoms with van der Waals surface area (Å²) in [5.41, 5.74) is 1.19. The van der Waals surface area contributed by atoms with Crippen LogP contribution in [0.5, 0.6) is 0 Å². The van der Waals surface area contributed by atoms with Crippen molar-refractivity contribution in [2.24, 2.45) is 0 Å².